The van der Waals surface area contributed by atoms with Crippen molar-refractivity contribution in [2.75, 3.05) is 18.8 Å². The zero-order valence-corrected chi connectivity index (χ0v) is 7.31. The molecule has 2 atom stereocenters. The maximum absolute atomic E-state index is 11.4. The van der Waals surface area contributed by atoms with Crippen molar-refractivity contribution in [1.82, 2.24) is 4.31 Å². The monoisotopic (exact) mass is 175 g/mol. The highest BCUT2D eigenvalue weighted by molar-refractivity contribution is 7.89. The molecular formula is C7H13NO2S. The van der Waals surface area contributed by atoms with Gasteiger partial charge in [-0.15, -0.1) is 0 Å². The second kappa shape index (κ2) is 2.45. The predicted octanol–water partition coefficient (Wildman–Crippen LogP) is 0.432. The van der Waals surface area contributed by atoms with Crippen LogP contribution in [-0.2, 0) is 10.0 Å². The van der Waals surface area contributed by atoms with Crippen LogP contribution in [0.15, 0.2) is 0 Å². The minimum Gasteiger partial charge on any atom is -0.212 e. The number of hydrogen-bond acceptors (Lipinski definition) is 2. The standard InChI is InChI=1S/C7H13NO2S/c9-11(10)6-7-2-1-4-8(11)5-3-7/h7H,1-6H2. The molecule has 2 unspecified atom stereocenters. The molecule has 4 heteroatoms. The van der Waals surface area contributed by atoms with Crippen molar-refractivity contribution in [2.24, 2.45) is 5.92 Å². The van der Waals surface area contributed by atoms with Crippen LogP contribution in [0.2, 0.25) is 0 Å². The molecule has 3 rings (SSSR count). The van der Waals surface area contributed by atoms with Gasteiger partial charge in [-0.2, -0.15) is 0 Å². The van der Waals surface area contributed by atoms with Crippen LogP contribution in [0.4, 0.5) is 0 Å². The Kier molecular flexibility index (Phi) is 1.68. The van der Waals surface area contributed by atoms with Crippen LogP contribution in [0, 0.1) is 5.92 Å². The van der Waals surface area contributed by atoms with E-state index in [0.717, 1.165) is 32.4 Å². The summed E-state index contributed by atoms with van der Waals surface area (Å²) < 4.78 is 24.4. The average Bonchev–Trinajstić information content (AvgIpc) is 2.17. The Bertz CT molecular complexity index is 243. The van der Waals surface area contributed by atoms with Gasteiger partial charge < -0.3 is 0 Å². The summed E-state index contributed by atoms with van der Waals surface area (Å²) in [6.07, 6.45) is 3.25. The molecule has 0 spiro atoms. The van der Waals surface area contributed by atoms with E-state index in [0.29, 0.717) is 11.7 Å². The van der Waals surface area contributed by atoms with Crippen molar-refractivity contribution in [1.29, 1.82) is 0 Å². The molecule has 0 radical (unpaired) electrons. The summed E-state index contributed by atoms with van der Waals surface area (Å²) in [7, 11) is -2.83. The molecule has 0 aromatic heterocycles. The fourth-order valence-electron chi connectivity index (χ4n) is 1.99. The number of fused-ring (bicyclic) bond motifs is 4. The van der Waals surface area contributed by atoms with Crippen molar-refractivity contribution >= 4 is 10.0 Å². The van der Waals surface area contributed by atoms with E-state index in [4.69, 9.17) is 0 Å². The summed E-state index contributed by atoms with van der Waals surface area (Å²) in [5.74, 6) is 0.867. The molecule has 0 aromatic carbocycles. The Balaban J connectivity index is 2.31. The molecule has 3 heterocycles. The molecule has 3 fully saturated rings. The van der Waals surface area contributed by atoms with Gasteiger partial charge in [0.25, 0.3) is 0 Å². The van der Waals surface area contributed by atoms with Gasteiger partial charge in [-0.25, -0.2) is 12.7 Å². The smallest absolute Gasteiger partial charge is 0.212 e. The molecule has 3 nitrogen and oxygen atoms in total. The van der Waals surface area contributed by atoms with Gasteiger partial charge in [0.15, 0.2) is 0 Å². The maximum Gasteiger partial charge on any atom is 0.214 e. The molecule has 64 valence electrons. The largest absolute Gasteiger partial charge is 0.214 e. The minimum absolute atomic E-state index is 0.410. The van der Waals surface area contributed by atoms with Crippen molar-refractivity contribution in [3.63, 3.8) is 0 Å². The highest BCUT2D eigenvalue weighted by Crippen LogP contribution is 2.27. The molecule has 2 bridgehead atoms. The summed E-state index contributed by atoms with van der Waals surface area (Å²) >= 11 is 0. The van der Waals surface area contributed by atoms with E-state index in [9.17, 15) is 8.42 Å². The highest BCUT2D eigenvalue weighted by Gasteiger charge is 2.34. The third kappa shape index (κ3) is 1.29. The van der Waals surface area contributed by atoms with Crippen molar-refractivity contribution in [3.05, 3.63) is 0 Å². The normalized spacial score (nSPS) is 41.8. The Hall–Kier alpha value is -0.0900. The first-order valence-electron chi connectivity index (χ1n) is 4.16. The van der Waals surface area contributed by atoms with Crippen LogP contribution in [0.3, 0.4) is 0 Å². The fourth-order valence-corrected chi connectivity index (χ4v) is 3.92. The summed E-state index contributed by atoms with van der Waals surface area (Å²) in [4.78, 5) is 0. The lowest BCUT2D eigenvalue weighted by Gasteiger charge is -2.26. The third-order valence-electron chi connectivity index (χ3n) is 2.65. The molecule has 0 amide bonds. The van der Waals surface area contributed by atoms with Crippen LogP contribution in [0.25, 0.3) is 0 Å². The number of hydrogen-bond donors (Lipinski definition) is 0. The first kappa shape index (κ1) is 7.55. The zero-order valence-electron chi connectivity index (χ0n) is 6.49. The first-order chi connectivity index (χ1) is 5.18. The van der Waals surface area contributed by atoms with Gasteiger partial charge in [0.1, 0.15) is 0 Å². The maximum atomic E-state index is 11.4. The molecule has 3 aliphatic heterocycles. The molecule has 0 saturated carbocycles. The SMILES string of the molecule is O=S1(=O)CC2CCCN1CC2. The van der Waals surface area contributed by atoms with Crippen LogP contribution in [0.5, 0.6) is 0 Å². The fraction of sp³-hybridized carbons (Fsp3) is 1.00. The zero-order chi connectivity index (χ0) is 7.90. The average molecular weight is 175 g/mol. The lowest BCUT2D eigenvalue weighted by Crippen LogP contribution is -2.38. The quantitative estimate of drug-likeness (QED) is 0.535. The van der Waals surface area contributed by atoms with Gasteiger partial charge in [-0.1, -0.05) is 0 Å². The lowest BCUT2D eigenvalue weighted by atomic mass is 10.0. The second-order valence-electron chi connectivity index (χ2n) is 3.47. The van der Waals surface area contributed by atoms with E-state index in [1.54, 1.807) is 4.31 Å². The number of nitrogens with zero attached hydrogens (tertiary/aromatic N) is 1. The Labute approximate surface area is 67.4 Å². The number of rotatable bonds is 0. The van der Waals surface area contributed by atoms with E-state index in [2.05, 4.69) is 0 Å². The van der Waals surface area contributed by atoms with Crippen molar-refractivity contribution in [2.45, 2.75) is 19.3 Å². The molecule has 0 aliphatic carbocycles. The Morgan fingerprint density at radius 2 is 2.00 bits per heavy atom. The van der Waals surface area contributed by atoms with E-state index < -0.39 is 10.0 Å². The molecule has 3 aliphatic rings. The lowest BCUT2D eigenvalue weighted by molar-refractivity contribution is 0.387. The topological polar surface area (TPSA) is 37.4 Å². The minimum atomic E-state index is -2.83. The Morgan fingerprint density at radius 3 is 2.73 bits per heavy atom. The van der Waals surface area contributed by atoms with Crippen LogP contribution >= 0.6 is 0 Å². The van der Waals surface area contributed by atoms with E-state index >= 15 is 0 Å². The molecule has 0 aromatic rings. The summed E-state index contributed by atoms with van der Waals surface area (Å²) in [6.45, 7) is 1.53. The van der Waals surface area contributed by atoms with Gasteiger partial charge >= 0.3 is 0 Å². The highest BCUT2D eigenvalue weighted by atomic mass is 32.2. The van der Waals surface area contributed by atoms with Gasteiger partial charge in [0.05, 0.1) is 5.75 Å². The van der Waals surface area contributed by atoms with E-state index in [-0.39, 0.29) is 0 Å². The summed E-state index contributed by atoms with van der Waals surface area (Å²) in [5.41, 5.74) is 0. The third-order valence-corrected chi connectivity index (χ3v) is 4.69. The second-order valence-corrected chi connectivity index (χ2v) is 5.49. The molecule has 3 saturated heterocycles. The Morgan fingerprint density at radius 1 is 1.18 bits per heavy atom. The summed E-state index contributed by atoms with van der Waals surface area (Å²) in [5, 5.41) is 0. The van der Waals surface area contributed by atoms with E-state index in [1.165, 1.54) is 0 Å². The molecular weight excluding hydrogens is 162 g/mol. The van der Waals surface area contributed by atoms with Gasteiger partial charge in [0.2, 0.25) is 10.0 Å². The van der Waals surface area contributed by atoms with Crippen LogP contribution < -0.4 is 0 Å². The molecule has 11 heavy (non-hydrogen) atoms. The predicted molar refractivity (Wildman–Crippen MR) is 42.7 cm³/mol. The van der Waals surface area contributed by atoms with Crippen LogP contribution in [0.1, 0.15) is 19.3 Å². The van der Waals surface area contributed by atoms with Crippen LogP contribution in [-0.4, -0.2) is 31.6 Å². The van der Waals surface area contributed by atoms with Crippen molar-refractivity contribution in [3.8, 4) is 0 Å². The summed E-state index contributed by atoms with van der Waals surface area (Å²) in [6, 6.07) is 0. The molecule has 0 N–H and O–H groups in total. The van der Waals surface area contributed by atoms with Gasteiger partial charge in [-0.3, -0.25) is 0 Å². The number of sulfonamides is 1. The van der Waals surface area contributed by atoms with Gasteiger partial charge in [0, 0.05) is 13.1 Å². The van der Waals surface area contributed by atoms with Crippen molar-refractivity contribution < 1.29 is 8.42 Å². The first-order valence-corrected chi connectivity index (χ1v) is 5.77. The van der Waals surface area contributed by atoms with Gasteiger partial charge in [-0.05, 0) is 25.2 Å². The van der Waals surface area contributed by atoms with E-state index in [1.807, 2.05) is 0 Å².